The Hall–Kier alpha value is -3.01. The van der Waals surface area contributed by atoms with E-state index in [4.69, 9.17) is 11.1 Å². The number of Topliss-reactive ketones (excluding diaryl/α,β-unsaturated/α-hetero) is 1. The molecule has 0 aliphatic carbocycles. The van der Waals surface area contributed by atoms with Gasteiger partial charge >= 0.3 is 0 Å². The van der Waals surface area contributed by atoms with E-state index in [0.29, 0.717) is 37.4 Å². The molecule has 5 N–H and O–H groups in total. The van der Waals surface area contributed by atoms with Crippen molar-refractivity contribution in [1.82, 2.24) is 20.5 Å². The van der Waals surface area contributed by atoms with Gasteiger partial charge in [0, 0.05) is 20.0 Å². The van der Waals surface area contributed by atoms with Crippen molar-refractivity contribution in [1.29, 1.82) is 5.41 Å². The minimum atomic E-state index is -0.766. The lowest BCUT2D eigenvalue weighted by molar-refractivity contribution is -0.140. The maximum absolute atomic E-state index is 13.2. The predicted octanol–water partition coefficient (Wildman–Crippen LogP) is 1.63. The van der Waals surface area contributed by atoms with E-state index in [9.17, 15) is 14.4 Å². The van der Waals surface area contributed by atoms with Crippen molar-refractivity contribution >= 4 is 45.1 Å². The van der Waals surface area contributed by atoms with Crippen LogP contribution in [-0.4, -0.2) is 58.6 Å². The third kappa shape index (κ3) is 5.78. The van der Waals surface area contributed by atoms with Gasteiger partial charge in [0.25, 0.3) is 0 Å². The first-order valence-corrected chi connectivity index (χ1v) is 11.2. The van der Waals surface area contributed by atoms with Gasteiger partial charge < -0.3 is 21.3 Å². The molecule has 1 saturated heterocycles. The Bertz CT molecular complexity index is 942. The summed E-state index contributed by atoms with van der Waals surface area (Å²) < 4.78 is 0.907. The minimum absolute atomic E-state index is 0.139. The summed E-state index contributed by atoms with van der Waals surface area (Å²) in [4.78, 5) is 44.2. The molecule has 1 unspecified atom stereocenters. The number of piperidine rings is 1. The third-order valence-electron chi connectivity index (χ3n) is 5.33. The number of carbonyl (C=O) groups is 3. The van der Waals surface area contributed by atoms with Crippen molar-refractivity contribution in [2.24, 2.45) is 5.73 Å². The number of fused-ring (bicyclic) bond motifs is 1. The summed E-state index contributed by atoms with van der Waals surface area (Å²) in [6, 6.07) is 6.18. The number of nitrogens with zero attached hydrogens (tertiary/aromatic N) is 2. The number of amides is 2. The number of hydrogen-bond donors (Lipinski definition) is 4. The second-order valence-corrected chi connectivity index (χ2v) is 8.65. The Morgan fingerprint density at radius 1 is 1.32 bits per heavy atom. The van der Waals surface area contributed by atoms with E-state index in [0.717, 1.165) is 23.1 Å². The summed E-state index contributed by atoms with van der Waals surface area (Å²) in [6.07, 6.45) is 3.21. The average Bonchev–Trinajstić information content (AvgIpc) is 3.19. The number of likely N-dealkylation sites (tertiary alicyclic amines) is 1. The van der Waals surface area contributed by atoms with Crippen molar-refractivity contribution in [2.45, 2.75) is 51.1 Å². The first-order chi connectivity index (χ1) is 14.9. The van der Waals surface area contributed by atoms with Crippen molar-refractivity contribution in [2.75, 3.05) is 13.1 Å². The molecular weight excluding hydrogens is 416 g/mol. The Kier molecular flexibility index (Phi) is 7.56. The van der Waals surface area contributed by atoms with Crippen LogP contribution in [0, 0.1) is 5.41 Å². The molecule has 0 radical (unpaired) electrons. The first-order valence-electron chi connectivity index (χ1n) is 10.4. The highest BCUT2D eigenvalue weighted by Gasteiger charge is 2.33. The summed E-state index contributed by atoms with van der Waals surface area (Å²) in [5, 5.41) is 13.2. The quantitative estimate of drug-likeness (QED) is 0.211. The SMILES string of the molecule is CC(=O)N1CCCC[C@H]1C(=O)NC(CCCNC(=N)N)C(=O)c1nc2ccccc2s1. The lowest BCUT2D eigenvalue weighted by atomic mass is 10.00. The van der Waals surface area contributed by atoms with Crippen LogP contribution in [0.5, 0.6) is 0 Å². The van der Waals surface area contributed by atoms with Gasteiger partial charge in [-0.2, -0.15) is 0 Å². The molecule has 2 heterocycles. The summed E-state index contributed by atoms with van der Waals surface area (Å²) in [5.41, 5.74) is 6.06. The molecule has 31 heavy (non-hydrogen) atoms. The van der Waals surface area contributed by atoms with Gasteiger partial charge in [-0.1, -0.05) is 12.1 Å². The molecule has 10 heteroatoms. The molecule has 1 aromatic carbocycles. The molecule has 1 fully saturated rings. The second kappa shape index (κ2) is 10.3. The average molecular weight is 445 g/mol. The lowest BCUT2D eigenvalue weighted by Gasteiger charge is -2.34. The van der Waals surface area contributed by atoms with Gasteiger partial charge in [-0.25, -0.2) is 4.98 Å². The minimum Gasteiger partial charge on any atom is -0.370 e. The summed E-state index contributed by atoms with van der Waals surface area (Å²) in [5.74, 6) is -0.839. The number of aromatic nitrogens is 1. The van der Waals surface area contributed by atoms with E-state index in [2.05, 4.69) is 15.6 Å². The number of nitrogens with two attached hydrogens (primary N) is 1. The van der Waals surface area contributed by atoms with Gasteiger partial charge in [0.15, 0.2) is 11.0 Å². The molecule has 2 atom stereocenters. The molecule has 9 nitrogen and oxygen atoms in total. The summed E-state index contributed by atoms with van der Waals surface area (Å²) in [7, 11) is 0. The lowest BCUT2D eigenvalue weighted by Crippen LogP contribution is -2.54. The van der Waals surface area contributed by atoms with Crippen LogP contribution in [0.15, 0.2) is 24.3 Å². The molecule has 0 saturated carbocycles. The molecule has 1 aliphatic heterocycles. The van der Waals surface area contributed by atoms with E-state index < -0.39 is 12.1 Å². The van der Waals surface area contributed by atoms with Gasteiger partial charge in [-0.15, -0.1) is 11.3 Å². The van der Waals surface area contributed by atoms with Crippen molar-refractivity contribution in [3.8, 4) is 0 Å². The van der Waals surface area contributed by atoms with E-state index in [1.54, 1.807) is 4.90 Å². The number of benzene rings is 1. The zero-order valence-electron chi connectivity index (χ0n) is 17.5. The Morgan fingerprint density at radius 3 is 2.81 bits per heavy atom. The first kappa shape index (κ1) is 22.7. The molecular formula is C21H28N6O3S. The monoisotopic (exact) mass is 444 g/mol. The Balaban J connectivity index is 1.76. The van der Waals surface area contributed by atoms with Crippen LogP contribution in [0.2, 0.25) is 0 Å². The molecule has 1 aliphatic rings. The van der Waals surface area contributed by atoms with Crippen molar-refractivity contribution in [3.05, 3.63) is 29.3 Å². The number of thiazole rings is 1. The van der Waals surface area contributed by atoms with Gasteiger partial charge in [-0.05, 0) is 44.2 Å². The molecule has 1 aromatic heterocycles. The number of rotatable bonds is 8. The van der Waals surface area contributed by atoms with E-state index >= 15 is 0 Å². The maximum Gasteiger partial charge on any atom is 0.243 e. The fourth-order valence-corrected chi connectivity index (χ4v) is 4.73. The predicted molar refractivity (Wildman–Crippen MR) is 120 cm³/mol. The highest BCUT2D eigenvalue weighted by Crippen LogP contribution is 2.24. The smallest absolute Gasteiger partial charge is 0.243 e. The highest BCUT2D eigenvalue weighted by atomic mass is 32.1. The van der Waals surface area contributed by atoms with Crippen LogP contribution < -0.4 is 16.4 Å². The van der Waals surface area contributed by atoms with Crippen LogP contribution in [0.4, 0.5) is 0 Å². The van der Waals surface area contributed by atoms with Crippen LogP contribution >= 0.6 is 11.3 Å². The van der Waals surface area contributed by atoms with Gasteiger partial charge in [0.2, 0.25) is 17.6 Å². The van der Waals surface area contributed by atoms with E-state index in [1.807, 2.05) is 24.3 Å². The van der Waals surface area contributed by atoms with Crippen LogP contribution in [-0.2, 0) is 9.59 Å². The number of guanidine groups is 1. The van der Waals surface area contributed by atoms with Crippen molar-refractivity contribution in [3.63, 3.8) is 0 Å². The number of carbonyl (C=O) groups excluding carboxylic acids is 3. The van der Waals surface area contributed by atoms with Crippen LogP contribution in [0.25, 0.3) is 10.2 Å². The normalized spacial score (nSPS) is 17.2. The fraction of sp³-hybridized carbons (Fsp3) is 0.476. The van der Waals surface area contributed by atoms with Crippen LogP contribution in [0.3, 0.4) is 0 Å². The van der Waals surface area contributed by atoms with E-state index in [-0.39, 0.29) is 23.6 Å². The fourth-order valence-electron chi connectivity index (χ4n) is 3.77. The molecule has 2 amide bonds. The third-order valence-corrected chi connectivity index (χ3v) is 6.38. The molecule has 3 rings (SSSR count). The standard InChI is InChI=1S/C21H28N6O3S/c1-13(28)27-12-5-4-9-16(27)19(30)25-15(8-6-11-24-21(22)23)18(29)20-26-14-7-2-3-10-17(14)31-20/h2-3,7,10,15-16H,4-6,8-9,11-12H2,1H3,(H,25,30)(H4,22,23,24)/t15?,16-/m0/s1. The number of nitrogens with one attached hydrogen (secondary N) is 3. The largest absolute Gasteiger partial charge is 0.370 e. The Morgan fingerprint density at radius 2 is 2.10 bits per heavy atom. The topological polar surface area (TPSA) is 141 Å². The maximum atomic E-state index is 13.2. The van der Waals surface area contributed by atoms with Gasteiger partial charge in [0.1, 0.15) is 6.04 Å². The number of ketones is 1. The van der Waals surface area contributed by atoms with Gasteiger partial charge in [0.05, 0.1) is 16.3 Å². The Labute approximate surface area is 184 Å². The zero-order chi connectivity index (χ0) is 22.4. The highest BCUT2D eigenvalue weighted by molar-refractivity contribution is 7.20. The van der Waals surface area contributed by atoms with Gasteiger partial charge in [-0.3, -0.25) is 19.8 Å². The second-order valence-electron chi connectivity index (χ2n) is 7.62. The number of hydrogen-bond acceptors (Lipinski definition) is 6. The van der Waals surface area contributed by atoms with E-state index in [1.165, 1.54) is 18.3 Å². The molecule has 166 valence electrons. The summed E-state index contributed by atoms with van der Waals surface area (Å²) in [6.45, 7) is 2.42. The number of para-hydroxylation sites is 1. The van der Waals surface area contributed by atoms with Crippen LogP contribution in [0.1, 0.15) is 48.8 Å². The molecule has 0 spiro atoms. The zero-order valence-corrected chi connectivity index (χ0v) is 18.3. The summed E-state index contributed by atoms with van der Waals surface area (Å²) >= 11 is 1.30. The molecule has 2 aromatic rings. The van der Waals surface area contributed by atoms with Crippen molar-refractivity contribution < 1.29 is 14.4 Å². The molecule has 0 bridgehead atoms.